The predicted molar refractivity (Wildman–Crippen MR) is 105 cm³/mol. The van der Waals surface area contributed by atoms with Gasteiger partial charge in [0.2, 0.25) is 5.91 Å². The Balaban J connectivity index is 1.40. The van der Waals surface area contributed by atoms with Gasteiger partial charge in [0.05, 0.1) is 6.54 Å². The van der Waals surface area contributed by atoms with Gasteiger partial charge in [0.25, 0.3) is 0 Å². The molecule has 5 heteroatoms. The van der Waals surface area contributed by atoms with E-state index >= 15 is 0 Å². The van der Waals surface area contributed by atoms with Crippen LogP contribution in [0, 0.1) is 5.41 Å². The van der Waals surface area contributed by atoms with Crippen molar-refractivity contribution in [2.24, 2.45) is 10.4 Å². The van der Waals surface area contributed by atoms with Gasteiger partial charge >= 0.3 is 0 Å². The normalized spacial score (nSPS) is 22.2. The van der Waals surface area contributed by atoms with E-state index in [9.17, 15) is 4.79 Å². The molecule has 2 aliphatic heterocycles. The van der Waals surface area contributed by atoms with Gasteiger partial charge in [-0.1, -0.05) is 18.6 Å². The molecule has 1 N–H and O–H groups in total. The Hall–Kier alpha value is -2.04. The first-order chi connectivity index (χ1) is 12.7. The van der Waals surface area contributed by atoms with E-state index in [-0.39, 0.29) is 5.91 Å². The Kier molecular flexibility index (Phi) is 4.88. The lowest BCUT2D eigenvalue weighted by molar-refractivity contribution is -0.117. The Morgan fingerprint density at radius 3 is 2.54 bits per heavy atom. The summed E-state index contributed by atoms with van der Waals surface area (Å²) in [5.74, 6) is 1.29. The molecule has 1 aromatic rings. The van der Waals surface area contributed by atoms with Gasteiger partial charge in [0.15, 0.2) is 5.96 Å². The van der Waals surface area contributed by atoms with Crippen LogP contribution in [0.15, 0.2) is 29.3 Å². The van der Waals surface area contributed by atoms with E-state index in [1.54, 1.807) is 0 Å². The van der Waals surface area contributed by atoms with Gasteiger partial charge in [0.1, 0.15) is 0 Å². The fourth-order valence-corrected chi connectivity index (χ4v) is 4.50. The van der Waals surface area contributed by atoms with Crippen molar-refractivity contribution in [3.05, 3.63) is 29.8 Å². The van der Waals surface area contributed by atoms with Crippen LogP contribution < -0.4 is 10.2 Å². The number of carbonyl (C=O) groups is 1. The lowest BCUT2D eigenvalue weighted by atomic mass is 9.68. The van der Waals surface area contributed by atoms with Crippen LogP contribution in [0.25, 0.3) is 0 Å². The van der Waals surface area contributed by atoms with Gasteiger partial charge in [-0.15, -0.1) is 0 Å². The highest BCUT2D eigenvalue weighted by Gasteiger charge is 2.43. The quantitative estimate of drug-likeness (QED) is 0.667. The van der Waals surface area contributed by atoms with Gasteiger partial charge in [-0.2, -0.15) is 0 Å². The fraction of sp³-hybridized carbons (Fsp3) is 0.619. The minimum Gasteiger partial charge on any atom is -0.357 e. The van der Waals surface area contributed by atoms with Crippen molar-refractivity contribution < 1.29 is 4.79 Å². The van der Waals surface area contributed by atoms with E-state index in [2.05, 4.69) is 41.4 Å². The maximum absolute atomic E-state index is 11.9. The topological polar surface area (TPSA) is 47.9 Å². The number of nitrogens with zero attached hydrogens (tertiary/aromatic N) is 3. The Morgan fingerprint density at radius 2 is 1.96 bits per heavy atom. The number of amides is 1. The smallest absolute Gasteiger partial charge is 0.227 e. The Bertz CT molecular complexity index is 678. The lowest BCUT2D eigenvalue weighted by Crippen LogP contribution is -2.42. The Morgan fingerprint density at radius 1 is 1.15 bits per heavy atom. The molecular formula is C21H30N4O. The van der Waals surface area contributed by atoms with E-state index in [0.717, 1.165) is 44.2 Å². The molecule has 1 amide bonds. The second-order valence-corrected chi connectivity index (χ2v) is 8.01. The van der Waals surface area contributed by atoms with Gasteiger partial charge in [0, 0.05) is 38.3 Å². The van der Waals surface area contributed by atoms with Crippen LogP contribution in [-0.2, 0) is 11.3 Å². The molecule has 2 saturated heterocycles. The summed E-state index contributed by atoms with van der Waals surface area (Å²) in [6.45, 7) is 6.85. The number of benzene rings is 1. The third-order valence-electron chi connectivity index (χ3n) is 6.22. The van der Waals surface area contributed by atoms with Crippen molar-refractivity contribution in [2.45, 2.75) is 52.0 Å². The van der Waals surface area contributed by atoms with Crippen LogP contribution in [0.2, 0.25) is 0 Å². The zero-order valence-electron chi connectivity index (χ0n) is 15.8. The molecule has 3 aliphatic rings. The molecule has 140 valence electrons. The van der Waals surface area contributed by atoms with Crippen LogP contribution in [-0.4, -0.2) is 42.9 Å². The zero-order chi connectivity index (χ0) is 18.0. The average molecular weight is 354 g/mol. The molecule has 0 atom stereocenters. The minimum atomic E-state index is 0.240. The molecule has 1 spiro atoms. The van der Waals surface area contributed by atoms with Crippen LogP contribution in [0.5, 0.6) is 0 Å². The first-order valence-corrected chi connectivity index (χ1v) is 10.1. The number of guanidine groups is 1. The van der Waals surface area contributed by atoms with E-state index in [1.807, 2.05) is 4.90 Å². The minimum absolute atomic E-state index is 0.240. The second kappa shape index (κ2) is 7.29. The van der Waals surface area contributed by atoms with Crippen molar-refractivity contribution in [1.29, 1.82) is 0 Å². The predicted octanol–water partition coefficient (Wildman–Crippen LogP) is 3.15. The highest BCUT2D eigenvalue weighted by Crippen LogP contribution is 2.47. The molecule has 0 aromatic heterocycles. The van der Waals surface area contributed by atoms with Crippen LogP contribution in [0.3, 0.4) is 0 Å². The maximum atomic E-state index is 11.9. The number of aliphatic imine (C=N–C) groups is 1. The number of hydrogen-bond acceptors (Lipinski definition) is 2. The highest BCUT2D eigenvalue weighted by molar-refractivity contribution is 5.95. The average Bonchev–Trinajstić information content (AvgIpc) is 3.26. The summed E-state index contributed by atoms with van der Waals surface area (Å²) in [7, 11) is 0. The number of anilines is 1. The van der Waals surface area contributed by atoms with E-state index in [4.69, 9.17) is 4.99 Å². The van der Waals surface area contributed by atoms with E-state index in [1.165, 1.54) is 31.2 Å². The number of nitrogens with one attached hydrogen (secondary N) is 1. The van der Waals surface area contributed by atoms with Gasteiger partial charge in [-0.3, -0.25) is 4.79 Å². The summed E-state index contributed by atoms with van der Waals surface area (Å²) in [6, 6.07) is 8.32. The molecule has 1 saturated carbocycles. The summed E-state index contributed by atoms with van der Waals surface area (Å²) in [5, 5.41) is 3.47. The molecule has 0 bridgehead atoms. The molecule has 1 aromatic carbocycles. The molecule has 0 unspecified atom stereocenters. The van der Waals surface area contributed by atoms with Crippen LogP contribution in [0.1, 0.15) is 51.0 Å². The van der Waals surface area contributed by atoms with Crippen molar-refractivity contribution in [1.82, 2.24) is 10.2 Å². The summed E-state index contributed by atoms with van der Waals surface area (Å²) in [6.07, 6.45) is 7.13. The number of hydrogen-bond donors (Lipinski definition) is 1. The number of likely N-dealkylation sites (tertiary alicyclic amines) is 1. The monoisotopic (exact) mass is 354 g/mol. The van der Waals surface area contributed by atoms with Crippen molar-refractivity contribution in [2.75, 3.05) is 31.1 Å². The molecule has 2 heterocycles. The molecule has 26 heavy (non-hydrogen) atoms. The van der Waals surface area contributed by atoms with Crippen molar-refractivity contribution >= 4 is 17.6 Å². The third-order valence-corrected chi connectivity index (χ3v) is 6.22. The summed E-state index contributed by atoms with van der Waals surface area (Å²) in [5.41, 5.74) is 2.78. The van der Waals surface area contributed by atoms with Gasteiger partial charge < -0.3 is 15.1 Å². The van der Waals surface area contributed by atoms with Gasteiger partial charge in [-0.05, 0) is 55.7 Å². The lowest BCUT2D eigenvalue weighted by Gasteiger charge is -2.38. The second-order valence-electron chi connectivity index (χ2n) is 8.01. The first kappa shape index (κ1) is 17.4. The molecule has 4 rings (SSSR count). The number of rotatable bonds is 4. The molecule has 0 radical (unpaired) electrons. The van der Waals surface area contributed by atoms with Gasteiger partial charge in [-0.25, -0.2) is 4.99 Å². The Labute approximate surface area is 156 Å². The standard InChI is InChI=1S/C21H30N4O/c1-2-22-20(24-14-12-21(16-24)10-4-11-21)23-15-17-6-8-18(9-7-17)25-13-3-5-19(25)26/h6-9H,2-5,10-16H2,1H3,(H,22,23). The fourth-order valence-electron chi connectivity index (χ4n) is 4.50. The molecule has 3 fully saturated rings. The largest absolute Gasteiger partial charge is 0.357 e. The van der Waals surface area contributed by atoms with Crippen LogP contribution >= 0.6 is 0 Å². The number of carbonyl (C=O) groups excluding carboxylic acids is 1. The van der Waals surface area contributed by atoms with E-state index < -0.39 is 0 Å². The SMILES string of the molecule is CCNC(=NCc1ccc(N2CCCC2=O)cc1)N1CCC2(CCC2)C1. The summed E-state index contributed by atoms with van der Waals surface area (Å²) >= 11 is 0. The zero-order valence-corrected chi connectivity index (χ0v) is 15.8. The molecule has 5 nitrogen and oxygen atoms in total. The van der Waals surface area contributed by atoms with Crippen molar-refractivity contribution in [3.8, 4) is 0 Å². The molecular weight excluding hydrogens is 324 g/mol. The first-order valence-electron chi connectivity index (χ1n) is 10.1. The molecule has 1 aliphatic carbocycles. The van der Waals surface area contributed by atoms with Crippen molar-refractivity contribution in [3.63, 3.8) is 0 Å². The third kappa shape index (κ3) is 3.44. The van der Waals surface area contributed by atoms with Crippen LogP contribution in [0.4, 0.5) is 5.69 Å². The summed E-state index contributed by atoms with van der Waals surface area (Å²) < 4.78 is 0. The summed E-state index contributed by atoms with van der Waals surface area (Å²) in [4.78, 5) is 21.1. The highest BCUT2D eigenvalue weighted by atomic mass is 16.2. The maximum Gasteiger partial charge on any atom is 0.227 e. The van der Waals surface area contributed by atoms with E-state index in [0.29, 0.717) is 18.4 Å².